The smallest absolute Gasteiger partial charge is 0.305 e. The van der Waals surface area contributed by atoms with Crippen LogP contribution in [0.3, 0.4) is 0 Å². The van der Waals surface area contributed by atoms with Gasteiger partial charge in [-0.05, 0) is 86.2 Å². The van der Waals surface area contributed by atoms with Crippen molar-refractivity contribution >= 4 is 49.5 Å². The van der Waals surface area contributed by atoms with Crippen molar-refractivity contribution in [3.8, 4) is 11.1 Å². The zero-order valence-electron chi connectivity index (χ0n) is 19.8. The molecule has 1 aliphatic heterocycles. The van der Waals surface area contributed by atoms with Gasteiger partial charge in [0.1, 0.15) is 0 Å². The number of pyridine rings is 1. The van der Waals surface area contributed by atoms with Crippen LogP contribution >= 0.6 is 11.3 Å². The topological polar surface area (TPSA) is 64.3 Å². The van der Waals surface area contributed by atoms with Crippen molar-refractivity contribution in [1.82, 2.24) is 14.9 Å². The molecule has 6 nitrogen and oxygen atoms in total. The number of aromatic nitrogens is 2. The van der Waals surface area contributed by atoms with Crippen LogP contribution in [0.4, 0.5) is 17.1 Å². The molecule has 2 N–H and O–H groups in total. The molecule has 0 saturated carbocycles. The van der Waals surface area contributed by atoms with Crippen LogP contribution in [-0.2, 0) is 0 Å². The number of H-pyrrole nitrogens is 1. The van der Waals surface area contributed by atoms with Gasteiger partial charge in [0.15, 0.2) is 0 Å². The minimum atomic E-state index is -0.0281. The highest BCUT2D eigenvalue weighted by atomic mass is 32.1. The normalized spacial score (nSPS) is 16.0. The highest BCUT2D eigenvalue weighted by Gasteiger charge is 2.23. The molecule has 5 aromatic rings. The monoisotopic (exact) mass is 481 g/mol. The number of anilines is 3. The second-order valence-electron chi connectivity index (χ2n) is 9.34. The van der Waals surface area contributed by atoms with E-state index in [1.807, 2.05) is 24.4 Å². The van der Waals surface area contributed by atoms with Crippen LogP contribution < -0.4 is 15.1 Å². The van der Waals surface area contributed by atoms with E-state index in [2.05, 4.69) is 87.7 Å². The molecule has 1 unspecified atom stereocenters. The Morgan fingerprint density at radius 2 is 1.83 bits per heavy atom. The van der Waals surface area contributed by atoms with Gasteiger partial charge in [-0.2, -0.15) is 0 Å². The lowest BCUT2D eigenvalue weighted by Gasteiger charge is -2.22. The summed E-state index contributed by atoms with van der Waals surface area (Å²) in [7, 11) is 4.32. The molecule has 3 heterocycles. The molecule has 0 amide bonds. The van der Waals surface area contributed by atoms with Gasteiger partial charge in [0.2, 0.25) is 0 Å². The molecule has 0 aliphatic carbocycles. The molecule has 1 fully saturated rings. The Morgan fingerprint density at radius 1 is 1.03 bits per heavy atom. The average Bonchev–Trinajstić information content (AvgIpc) is 3.50. The summed E-state index contributed by atoms with van der Waals surface area (Å²) in [5, 5.41) is 4.65. The summed E-state index contributed by atoms with van der Waals surface area (Å²) >= 11 is 1.24. The number of thiazole rings is 1. The van der Waals surface area contributed by atoms with Crippen LogP contribution in [0, 0.1) is 0 Å². The number of fused-ring (bicyclic) bond motifs is 2. The minimum Gasteiger partial charge on any atom is -0.370 e. The van der Waals surface area contributed by atoms with Gasteiger partial charge in [-0.15, -0.1) is 0 Å². The fourth-order valence-corrected chi connectivity index (χ4v) is 5.64. The molecule has 1 atom stereocenters. The molecule has 1 aliphatic rings. The summed E-state index contributed by atoms with van der Waals surface area (Å²) < 4.78 is 0.965. The van der Waals surface area contributed by atoms with Gasteiger partial charge in [-0.1, -0.05) is 23.5 Å². The van der Waals surface area contributed by atoms with Crippen LogP contribution in [0.25, 0.3) is 32.2 Å². The number of aromatic amines is 1. The first-order chi connectivity index (χ1) is 17.0. The number of hydrogen-bond acceptors (Lipinski definition) is 6. The molecule has 176 valence electrons. The van der Waals surface area contributed by atoms with Gasteiger partial charge in [0.05, 0.1) is 15.7 Å². The highest BCUT2D eigenvalue weighted by molar-refractivity contribution is 7.16. The first kappa shape index (κ1) is 21.8. The maximum absolute atomic E-state index is 11.7. The maximum atomic E-state index is 11.7. The molecule has 0 spiro atoms. The van der Waals surface area contributed by atoms with E-state index < -0.39 is 0 Å². The highest BCUT2D eigenvalue weighted by Crippen LogP contribution is 2.32. The fraction of sp³-hybridized carbons (Fsp3) is 0.214. The Morgan fingerprint density at radius 3 is 2.63 bits per heavy atom. The first-order valence-corrected chi connectivity index (χ1v) is 12.7. The predicted molar refractivity (Wildman–Crippen MR) is 147 cm³/mol. The van der Waals surface area contributed by atoms with E-state index in [1.165, 1.54) is 23.4 Å². The summed E-state index contributed by atoms with van der Waals surface area (Å²) in [5.41, 5.74) is 7.33. The average molecular weight is 482 g/mol. The zero-order chi connectivity index (χ0) is 23.9. The first-order valence-electron chi connectivity index (χ1n) is 11.8. The third-order valence-electron chi connectivity index (χ3n) is 6.90. The maximum Gasteiger partial charge on any atom is 0.305 e. The molecule has 2 aromatic heterocycles. The van der Waals surface area contributed by atoms with Crippen LogP contribution in [0.1, 0.15) is 6.42 Å². The molecule has 7 heteroatoms. The fourth-order valence-electron chi connectivity index (χ4n) is 4.87. The van der Waals surface area contributed by atoms with E-state index >= 15 is 0 Å². The Kier molecular flexibility index (Phi) is 5.51. The number of likely N-dealkylation sites (N-methyl/N-ethyl adjacent to an activating group) is 1. The Hall–Kier alpha value is -3.68. The van der Waals surface area contributed by atoms with Crippen molar-refractivity contribution in [3.05, 3.63) is 82.6 Å². The number of rotatable bonds is 5. The standard InChI is InChI=1S/C28H27N5OS/c1-32(2)22-12-14-33(17-22)21-7-5-20(6-8-21)30-25-11-13-29-24-9-3-18(15-23(24)25)19-4-10-26-27(16-19)35-28(34)31-26/h3-11,13,15-16,22H,12,14,17H2,1-2H3,(H,29,30)(H,31,34). The van der Waals surface area contributed by atoms with E-state index in [-0.39, 0.29) is 4.87 Å². The van der Waals surface area contributed by atoms with E-state index in [9.17, 15) is 4.79 Å². The second kappa shape index (κ2) is 8.83. The minimum absolute atomic E-state index is 0.0281. The quantitative estimate of drug-likeness (QED) is 0.338. The summed E-state index contributed by atoms with van der Waals surface area (Å²) in [5.74, 6) is 0. The predicted octanol–water partition coefficient (Wildman–Crippen LogP) is 5.69. The third kappa shape index (κ3) is 4.29. The summed E-state index contributed by atoms with van der Waals surface area (Å²) in [4.78, 5) is 23.9. The van der Waals surface area contributed by atoms with Crippen molar-refractivity contribution in [2.75, 3.05) is 37.4 Å². The van der Waals surface area contributed by atoms with Crippen LogP contribution in [0.5, 0.6) is 0 Å². The van der Waals surface area contributed by atoms with Crippen molar-refractivity contribution in [3.63, 3.8) is 0 Å². The van der Waals surface area contributed by atoms with Crippen LogP contribution in [0.15, 0.2) is 77.7 Å². The molecular formula is C28H27N5OS. The number of benzene rings is 3. The van der Waals surface area contributed by atoms with Gasteiger partial charge >= 0.3 is 4.87 Å². The Balaban J connectivity index is 1.28. The van der Waals surface area contributed by atoms with Crippen LogP contribution in [0.2, 0.25) is 0 Å². The molecule has 3 aromatic carbocycles. The van der Waals surface area contributed by atoms with Crippen molar-refractivity contribution in [2.45, 2.75) is 12.5 Å². The largest absolute Gasteiger partial charge is 0.370 e. The number of hydrogen-bond donors (Lipinski definition) is 2. The van der Waals surface area contributed by atoms with Gasteiger partial charge < -0.3 is 20.1 Å². The summed E-state index contributed by atoms with van der Waals surface area (Å²) in [6.45, 7) is 2.17. The molecule has 1 saturated heterocycles. The number of nitrogens with one attached hydrogen (secondary N) is 2. The lowest BCUT2D eigenvalue weighted by molar-refractivity contribution is 0.315. The lowest BCUT2D eigenvalue weighted by Crippen LogP contribution is -2.31. The van der Waals surface area contributed by atoms with Crippen LogP contribution in [-0.4, -0.2) is 48.1 Å². The molecule has 6 rings (SSSR count). The summed E-state index contributed by atoms with van der Waals surface area (Å²) in [6, 6.07) is 23.7. The molecule has 0 bridgehead atoms. The zero-order valence-corrected chi connectivity index (χ0v) is 20.6. The second-order valence-corrected chi connectivity index (χ2v) is 10.4. The van der Waals surface area contributed by atoms with Gasteiger partial charge in [-0.25, -0.2) is 0 Å². The van der Waals surface area contributed by atoms with Gasteiger partial charge in [0.25, 0.3) is 0 Å². The van der Waals surface area contributed by atoms with E-state index in [0.717, 1.165) is 56.7 Å². The van der Waals surface area contributed by atoms with Gasteiger partial charge in [-0.3, -0.25) is 9.78 Å². The third-order valence-corrected chi connectivity index (χ3v) is 7.75. The van der Waals surface area contributed by atoms with E-state index in [1.54, 1.807) is 0 Å². The van der Waals surface area contributed by atoms with E-state index in [4.69, 9.17) is 0 Å². The van der Waals surface area contributed by atoms with Crippen molar-refractivity contribution in [2.24, 2.45) is 0 Å². The summed E-state index contributed by atoms with van der Waals surface area (Å²) in [6.07, 6.45) is 3.04. The molecule has 35 heavy (non-hydrogen) atoms. The number of nitrogens with zero attached hydrogens (tertiary/aromatic N) is 3. The Labute approximate surface area is 207 Å². The van der Waals surface area contributed by atoms with Crippen molar-refractivity contribution in [1.29, 1.82) is 0 Å². The molecular weight excluding hydrogens is 454 g/mol. The lowest BCUT2D eigenvalue weighted by atomic mass is 10.0. The van der Waals surface area contributed by atoms with Crippen molar-refractivity contribution < 1.29 is 0 Å². The Bertz CT molecular complexity index is 1570. The molecule has 0 radical (unpaired) electrons. The van der Waals surface area contributed by atoms with E-state index in [0.29, 0.717) is 6.04 Å². The SMILES string of the molecule is CN(C)C1CCN(c2ccc(Nc3ccnc4ccc(-c5ccc6[nH]c(=O)sc6c5)cc34)cc2)C1. The van der Waals surface area contributed by atoms with Gasteiger partial charge in [0, 0.05) is 47.8 Å².